The van der Waals surface area contributed by atoms with E-state index < -0.39 is 0 Å². The third-order valence-electron chi connectivity index (χ3n) is 2.16. The number of thiophene rings is 1. The van der Waals surface area contributed by atoms with E-state index in [1.165, 1.54) is 0 Å². The van der Waals surface area contributed by atoms with Crippen LogP contribution in [0.25, 0.3) is 10.6 Å². The number of imidazole rings is 1. The largest absolute Gasteiger partial charge is 0.333 e. The molecule has 15 heavy (non-hydrogen) atoms. The summed E-state index contributed by atoms with van der Waals surface area (Å²) in [4.78, 5) is 5.51. The van der Waals surface area contributed by atoms with Crippen molar-refractivity contribution in [2.45, 2.75) is 6.54 Å². The van der Waals surface area contributed by atoms with E-state index in [0.717, 1.165) is 27.1 Å². The third kappa shape index (κ3) is 2.07. The van der Waals surface area contributed by atoms with Gasteiger partial charge in [-0.05, 0) is 19.2 Å². The molecule has 0 saturated carbocycles. The third-order valence-corrected chi connectivity index (χ3v) is 3.40. The summed E-state index contributed by atoms with van der Waals surface area (Å²) in [6.07, 6.45) is 1.83. The molecule has 1 N–H and O–H groups in total. The van der Waals surface area contributed by atoms with Crippen molar-refractivity contribution in [3.8, 4) is 10.6 Å². The second-order valence-electron chi connectivity index (χ2n) is 3.28. The summed E-state index contributed by atoms with van der Waals surface area (Å²) in [6, 6.07) is 3.95. The maximum absolute atomic E-state index is 5.93. The van der Waals surface area contributed by atoms with Crippen molar-refractivity contribution < 1.29 is 0 Å². The van der Waals surface area contributed by atoms with E-state index in [0.29, 0.717) is 0 Å². The molecule has 0 amide bonds. The number of rotatable bonds is 3. The minimum Gasteiger partial charge on any atom is -0.333 e. The lowest BCUT2D eigenvalue weighted by Crippen LogP contribution is -2.06. The maximum atomic E-state index is 5.93. The van der Waals surface area contributed by atoms with E-state index in [1.807, 2.05) is 37.1 Å². The average Bonchev–Trinajstić information content (AvgIpc) is 2.74. The SMILES string of the molecule is CNCc1ncn(C)c1-c1ccc(Cl)s1. The molecule has 0 aliphatic heterocycles. The van der Waals surface area contributed by atoms with Crippen LogP contribution in [0.5, 0.6) is 0 Å². The molecule has 0 aliphatic carbocycles. The van der Waals surface area contributed by atoms with E-state index in [4.69, 9.17) is 11.6 Å². The summed E-state index contributed by atoms with van der Waals surface area (Å²) in [7, 11) is 3.91. The molecule has 3 nitrogen and oxygen atoms in total. The fraction of sp³-hybridized carbons (Fsp3) is 0.300. The van der Waals surface area contributed by atoms with Crippen LogP contribution in [0.3, 0.4) is 0 Å². The summed E-state index contributed by atoms with van der Waals surface area (Å²) >= 11 is 7.51. The van der Waals surface area contributed by atoms with Gasteiger partial charge in [0.15, 0.2) is 0 Å². The number of aromatic nitrogens is 2. The van der Waals surface area contributed by atoms with Gasteiger partial charge in [0.2, 0.25) is 0 Å². The van der Waals surface area contributed by atoms with Crippen molar-refractivity contribution in [2.24, 2.45) is 7.05 Å². The van der Waals surface area contributed by atoms with E-state index in [9.17, 15) is 0 Å². The highest BCUT2D eigenvalue weighted by Crippen LogP contribution is 2.32. The molecule has 0 radical (unpaired) electrons. The Morgan fingerprint density at radius 2 is 2.33 bits per heavy atom. The monoisotopic (exact) mass is 241 g/mol. The van der Waals surface area contributed by atoms with Gasteiger partial charge in [-0.1, -0.05) is 11.6 Å². The molecule has 0 atom stereocenters. The minimum absolute atomic E-state index is 0.770. The summed E-state index contributed by atoms with van der Waals surface area (Å²) in [5.74, 6) is 0. The van der Waals surface area contributed by atoms with Gasteiger partial charge in [-0.2, -0.15) is 0 Å². The molecule has 0 unspecified atom stereocenters. The lowest BCUT2D eigenvalue weighted by Gasteiger charge is -2.02. The Hall–Kier alpha value is -0.840. The standard InChI is InChI=1S/C10H12ClN3S/c1-12-5-7-10(14(2)6-13-7)8-3-4-9(11)15-8/h3-4,6,12H,5H2,1-2H3. The van der Waals surface area contributed by atoms with E-state index in [-0.39, 0.29) is 0 Å². The summed E-state index contributed by atoms with van der Waals surface area (Å²) in [6.45, 7) is 0.770. The fourth-order valence-corrected chi connectivity index (χ4v) is 2.69. The molecule has 0 aliphatic rings. The summed E-state index contributed by atoms with van der Waals surface area (Å²) in [5.41, 5.74) is 2.19. The van der Waals surface area contributed by atoms with E-state index >= 15 is 0 Å². The maximum Gasteiger partial charge on any atom is 0.0952 e. The zero-order chi connectivity index (χ0) is 10.8. The normalized spacial score (nSPS) is 10.9. The molecule has 0 aromatic carbocycles. The highest BCUT2D eigenvalue weighted by atomic mass is 35.5. The van der Waals surface area contributed by atoms with Crippen molar-refractivity contribution in [1.82, 2.24) is 14.9 Å². The van der Waals surface area contributed by atoms with Crippen LogP contribution in [-0.4, -0.2) is 16.6 Å². The number of aryl methyl sites for hydroxylation is 1. The van der Waals surface area contributed by atoms with Gasteiger partial charge in [-0.3, -0.25) is 0 Å². The first kappa shape index (κ1) is 10.7. The van der Waals surface area contributed by atoms with Crippen LogP contribution in [0.4, 0.5) is 0 Å². The van der Waals surface area contributed by atoms with Gasteiger partial charge >= 0.3 is 0 Å². The van der Waals surface area contributed by atoms with E-state index in [1.54, 1.807) is 11.3 Å². The van der Waals surface area contributed by atoms with Gasteiger partial charge in [0.05, 0.1) is 26.9 Å². The number of hydrogen-bond acceptors (Lipinski definition) is 3. The molecule has 2 rings (SSSR count). The van der Waals surface area contributed by atoms with Crippen LogP contribution in [0.2, 0.25) is 4.34 Å². The van der Waals surface area contributed by atoms with Gasteiger partial charge in [0.1, 0.15) is 0 Å². The molecule has 0 fully saturated rings. The highest BCUT2D eigenvalue weighted by Gasteiger charge is 2.12. The van der Waals surface area contributed by atoms with Crippen LogP contribution in [-0.2, 0) is 13.6 Å². The quantitative estimate of drug-likeness (QED) is 0.895. The number of nitrogens with one attached hydrogen (secondary N) is 1. The first-order chi connectivity index (χ1) is 7.22. The predicted octanol–water partition coefficient (Wildman–Crippen LogP) is 2.52. The number of halogens is 1. The average molecular weight is 242 g/mol. The van der Waals surface area contributed by atoms with Crippen molar-refractivity contribution in [3.05, 3.63) is 28.5 Å². The molecule has 80 valence electrons. The van der Waals surface area contributed by atoms with Crippen molar-refractivity contribution in [3.63, 3.8) is 0 Å². The molecular formula is C10H12ClN3S. The Balaban J connectivity index is 2.46. The molecule has 0 spiro atoms. The lowest BCUT2D eigenvalue weighted by atomic mass is 10.2. The van der Waals surface area contributed by atoms with E-state index in [2.05, 4.69) is 10.3 Å². The second-order valence-corrected chi connectivity index (χ2v) is 5.00. The van der Waals surface area contributed by atoms with Crippen molar-refractivity contribution in [1.29, 1.82) is 0 Å². The van der Waals surface area contributed by atoms with Crippen LogP contribution < -0.4 is 5.32 Å². The Morgan fingerprint density at radius 3 is 2.93 bits per heavy atom. The molecule has 2 heterocycles. The summed E-state index contributed by atoms with van der Waals surface area (Å²) in [5, 5.41) is 3.11. The molecular weight excluding hydrogens is 230 g/mol. The van der Waals surface area contributed by atoms with Crippen molar-refractivity contribution >= 4 is 22.9 Å². The van der Waals surface area contributed by atoms with Crippen LogP contribution in [0, 0.1) is 0 Å². The Morgan fingerprint density at radius 1 is 1.53 bits per heavy atom. The topological polar surface area (TPSA) is 29.9 Å². The zero-order valence-electron chi connectivity index (χ0n) is 8.62. The molecule has 2 aromatic heterocycles. The van der Waals surface area contributed by atoms with Crippen LogP contribution in [0.1, 0.15) is 5.69 Å². The Kier molecular flexibility index (Phi) is 3.09. The first-order valence-electron chi connectivity index (χ1n) is 4.63. The number of nitrogens with zero attached hydrogens (tertiary/aromatic N) is 2. The van der Waals surface area contributed by atoms with Gasteiger partial charge < -0.3 is 9.88 Å². The minimum atomic E-state index is 0.770. The predicted molar refractivity (Wildman–Crippen MR) is 64.3 cm³/mol. The van der Waals surface area contributed by atoms with Crippen molar-refractivity contribution in [2.75, 3.05) is 7.05 Å². The molecule has 5 heteroatoms. The van der Waals surface area contributed by atoms with Gasteiger partial charge in [0.25, 0.3) is 0 Å². The highest BCUT2D eigenvalue weighted by molar-refractivity contribution is 7.19. The second kappa shape index (κ2) is 4.35. The van der Waals surface area contributed by atoms with Gasteiger partial charge in [-0.15, -0.1) is 11.3 Å². The zero-order valence-corrected chi connectivity index (χ0v) is 10.2. The Bertz CT molecular complexity index is 461. The van der Waals surface area contributed by atoms with Gasteiger partial charge in [0, 0.05) is 13.6 Å². The fourth-order valence-electron chi connectivity index (χ4n) is 1.53. The lowest BCUT2D eigenvalue weighted by molar-refractivity contribution is 0.798. The summed E-state index contributed by atoms with van der Waals surface area (Å²) < 4.78 is 2.83. The molecule has 2 aromatic rings. The molecule has 0 bridgehead atoms. The number of hydrogen-bond donors (Lipinski definition) is 1. The first-order valence-corrected chi connectivity index (χ1v) is 5.82. The Labute approximate surface area is 97.7 Å². The van der Waals surface area contributed by atoms with Gasteiger partial charge in [-0.25, -0.2) is 4.98 Å². The van der Waals surface area contributed by atoms with Crippen LogP contribution >= 0.6 is 22.9 Å². The molecule has 0 saturated heterocycles. The van der Waals surface area contributed by atoms with Crippen LogP contribution in [0.15, 0.2) is 18.5 Å². The smallest absolute Gasteiger partial charge is 0.0952 e.